The number of unbranched alkanes of at least 4 members (excludes halogenated alkanes) is 1. The molecule has 0 aliphatic carbocycles. The number of alkyl halides is 3. The Bertz CT molecular complexity index is 537. The lowest BCUT2D eigenvalue weighted by Gasteiger charge is -2.12. The number of methoxy groups -OCH3 is 1. The standard InChI is InChI=1S/C18H28F3N3O2/c1-3-22-17(23-9-4-5-10-26-12-11-25-2)24-14-15-7-6-8-16(13-15)18(19,20)21/h6-8,13H,3-5,9-12,14H2,1-2H3,(H2,22,23,24). The van der Waals surface area contributed by atoms with Crippen molar-refractivity contribution >= 4 is 5.96 Å². The van der Waals surface area contributed by atoms with Crippen LogP contribution in [-0.4, -0.2) is 46.0 Å². The van der Waals surface area contributed by atoms with E-state index in [1.165, 1.54) is 6.07 Å². The van der Waals surface area contributed by atoms with Crippen molar-refractivity contribution in [2.24, 2.45) is 4.99 Å². The Kier molecular flexibility index (Phi) is 10.7. The summed E-state index contributed by atoms with van der Waals surface area (Å²) in [6, 6.07) is 5.23. The highest BCUT2D eigenvalue weighted by atomic mass is 19.4. The van der Waals surface area contributed by atoms with Gasteiger partial charge in [-0.05, 0) is 37.5 Å². The van der Waals surface area contributed by atoms with Crippen molar-refractivity contribution in [3.05, 3.63) is 35.4 Å². The predicted molar refractivity (Wildman–Crippen MR) is 96.2 cm³/mol. The number of aliphatic imine (C=N–C) groups is 1. The molecule has 0 fully saturated rings. The van der Waals surface area contributed by atoms with Crippen LogP contribution in [0, 0.1) is 0 Å². The number of hydrogen-bond donors (Lipinski definition) is 2. The van der Waals surface area contributed by atoms with Crippen LogP contribution in [0.15, 0.2) is 29.3 Å². The first-order valence-corrected chi connectivity index (χ1v) is 8.72. The van der Waals surface area contributed by atoms with Gasteiger partial charge in [-0.1, -0.05) is 12.1 Å². The third-order valence-electron chi connectivity index (χ3n) is 3.46. The normalized spacial score (nSPS) is 12.3. The number of halogens is 3. The highest BCUT2D eigenvalue weighted by Crippen LogP contribution is 2.29. The van der Waals surface area contributed by atoms with Gasteiger partial charge in [0.2, 0.25) is 0 Å². The van der Waals surface area contributed by atoms with Gasteiger partial charge in [0.25, 0.3) is 0 Å². The number of ether oxygens (including phenoxy) is 2. The maximum absolute atomic E-state index is 12.7. The maximum Gasteiger partial charge on any atom is 0.416 e. The topological polar surface area (TPSA) is 54.9 Å². The van der Waals surface area contributed by atoms with E-state index in [9.17, 15) is 13.2 Å². The number of nitrogens with one attached hydrogen (secondary N) is 2. The first-order valence-electron chi connectivity index (χ1n) is 8.72. The van der Waals surface area contributed by atoms with Gasteiger partial charge in [-0.3, -0.25) is 0 Å². The second-order valence-corrected chi connectivity index (χ2v) is 5.63. The first kappa shape index (κ1) is 22.2. The minimum atomic E-state index is -4.34. The molecule has 1 aromatic carbocycles. The lowest BCUT2D eigenvalue weighted by molar-refractivity contribution is -0.137. The molecule has 0 bridgehead atoms. The largest absolute Gasteiger partial charge is 0.416 e. The molecule has 1 rings (SSSR count). The second-order valence-electron chi connectivity index (χ2n) is 5.63. The molecule has 0 radical (unpaired) electrons. The van der Waals surface area contributed by atoms with Gasteiger partial charge in [0.1, 0.15) is 0 Å². The van der Waals surface area contributed by atoms with Crippen molar-refractivity contribution in [2.75, 3.05) is 40.0 Å². The fourth-order valence-electron chi connectivity index (χ4n) is 2.14. The molecule has 5 nitrogen and oxygen atoms in total. The van der Waals surface area contributed by atoms with Gasteiger partial charge in [0, 0.05) is 26.8 Å². The number of rotatable bonds is 11. The summed E-state index contributed by atoms with van der Waals surface area (Å²) in [6.07, 6.45) is -2.53. The Hall–Kier alpha value is -1.80. The molecular weight excluding hydrogens is 347 g/mol. The molecule has 0 aliphatic heterocycles. The highest BCUT2D eigenvalue weighted by molar-refractivity contribution is 5.79. The summed E-state index contributed by atoms with van der Waals surface area (Å²) in [5.41, 5.74) is -0.139. The molecular formula is C18H28F3N3O2. The zero-order valence-corrected chi connectivity index (χ0v) is 15.4. The monoisotopic (exact) mass is 375 g/mol. The number of hydrogen-bond acceptors (Lipinski definition) is 3. The van der Waals surface area contributed by atoms with Crippen molar-refractivity contribution in [1.82, 2.24) is 10.6 Å². The van der Waals surface area contributed by atoms with Crippen LogP contribution in [0.2, 0.25) is 0 Å². The van der Waals surface area contributed by atoms with Gasteiger partial charge in [0.05, 0.1) is 25.3 Å². The third kappa shape index (κ3) is 9.62. The number of guanidine groups is 1. The van der Waals surface area contributed by atoms with Crippen LogP contribution in [-0.2, 0) is 22.2 Å². The molecule has 0 aliphatic rings. The molecule has 26 heavy (non-hydrogen) atoms. The Morgan fingerprint density at radius 1 is 1.12 bits per heavy atom. The summed E-state index contributed by atoms with van der Waals surface area (Å²) in [6.45, 7) is 5.35. The van der Waals surface area contributed by atoms with E-state index >= 15 is 0 Å². The highest BCUT2D eigenvalue weighted by Gasteiger charge is 2.30. The molecule has 0 spiro atoms. The van der Waals surface area contributed by atoms with E-state index in [1.807, 2.05) is 6.92 Å². The SMILES string of the molecule is CCNC(=NCc1cccc(C(F)(F)F)c1)NCCCCOCCOC. The van der Waals surface area contributed by atoms with Crippen LogP contribution < -0.4 is 10.6 Å². The summed E-state index contributed by atoms with van der Waals surface area (Å²) in [5, 5.41) is 6.26. The Labute approximate surface area is 153 Å². The molecule has 8 heteroatoms. The zero-order chi connectivity index (χ0) is 19.3. The van der Waals surface area contributed by atoms with Gasteiger partial charge in [0.15, 0.2) is 5.96 Å². The van der Waals surface area contributed by atoms with Gasteiger partial charge in [-0.15, -0.1) is 0 Å². The van der Waals surface area contributed by atoms with Crippen LogP contribution in [0.3, 0.4) is 0 Å². The summed E-state index contributed by atoms with van der Waals surface area (Å²) in [4.78, 5) is 4.34. The number of benzene rings is 1. The van der Waals surface area contributed by atoms with Crippen LogP contribution in [0.4, 0.5) is 13.2 Å². The Morgan fingerprint density at radius 2 is 1.92 bits per heavy atom. The molecule has 0 heterocycles. The van der Waals surface area contributed by atoms with E-state index in [4.69, 9.17) is 9.47 Å². The Balaban J connectivity index is 2.41. The van der Waals surface area contributed by atoms with Gasteiger partial charge < -0.3 is 20.1 Å². The fraction of sp³-hybridized carbons (Fsp3) is 0.611. The van der Waals surface area contributed by atoms with Crippen LogP contribution >= 0.6 is 0 Å². The molecule has 0 unspecified atom stereocenters. The molecule has 0 atom stereocenters. The first-order chi connectivity index (χ1) is 12.5. The zero-order valence-electron chi connectivity index (χ0n) is 15.4. The van der Waals surface area contributed by atoms with E-state index in [1.54, 1.807) is 13.2 Å². The lowest BCUT2D eigenvalue weighted by atomic mass is 10.1. The van der Waals surface area contributed by atoms with E-state index in [0.29, 0.717) is 44.4 Å². The molecule has 0 amide bonds. The summed E-state index contributed by atoms with van der Waals surface area (Å²) in [5.74, 6) is 0.588. The second kappa shape index (κ2) is 12.5. The quantitative estimate of drug-likeness (QED) is 0.354. The van der Waals surface area contributed by atoms with Gasteiger partial charge in [-0.2, -0.15) is 13.2 Å². The molecule has 0 aromatic heterocycles. The summed E-state index contributed by atoms with van der Waals surface area (Å²) in [7, 11) is 1.63. The van der Waals surface area contributed by atoms with Crippen LogP contribution in [0.1, 0.15) is 30.9 Å². The van der Waals surface area contributed by atoms with Crippen molar-refractivity contribution < 1.29 is 22.6 Å². The van der Waals surface area contributed by atoms with E-state index in [-0.39, 0.29) is 6.54 Å². The smallest absolute Gasteiger partial charge is 0.382 e. The molecule has 2 N–H and O–H groups in total. The average Bonchev–Trinajstić information content (AvgIpc) is 2.61. The summed E-state index contributed by atoms with van der Waals surface area (Å²) >= 11 is 0. The van der Waals surface area contributed by atoms with Crippen molar-refractivity contribution in [3.63, 3.8) is 0 Å². The van der Waals surface area contributed by atoms with Crippen LogP contribution in [0.5, 0.6) is 0 Å². The average molecular weight is 375 g/mol. The van der Waals surface area contributed by atoms with E-state index in [0.717, 1.165) is 25.0 Å². The molecule has 1 aromatic rings. The third-order valence-corrected chi connectivity index (χ3v) is 3.46. The Morgan fingerprint density at radius 3 is 2.62 bits per heavy atom. The van der Waals surface area contributed by atoms with Crippen molar-refractivity contribution in [1.29, 1.82) is 0 Å². The predicted octanol–water partition coefficient (Wildman–Crippen LogP) is 3.20. The molecule has 148 valence electrons. The van der Waals surface area contributed by atoms with E-state index in [2.05, 4.69) is 15.6 Å². The number of nitrogens with zero attached hydrogens (tertiary/aromatic N) is 1. The lowest BCUT2D eigenvalue weighted by Crippen LogP contribution is -2.37. The van der Waals surface area contributed by atoms with Crippen molar-refractivity contribution in [3.8, 4) is 0 Å². The summed E-state index contributed by atoms with van der Waals surface area (Å²) < 4.78 is 48.5. The fourth-order valence-corrected chi connectivity index (χ4v) is 2.14. The van der Waals surface area contributed by atoms with Gasteiger partial charge >= 0.3 is 6.18 Å². The minimum absolute atomic E-state index is 0.180. The molecule has 0 saturated heterocycles. The van der Waals surface area contributed by atoms with Crippen LogP contribution in [0.25, 0.3) is 0 Å². The minimum Gasteiger partial charge on any atom is -0.382 e. The maximum atomic E-state index is 12.7. The van der Waals surface area contributed by atoms with Gasteiger partial charge in [-0.25, -0.2) is 4.99 Å². The van der Waals surface area contributed by atoms with Crippen molar-refractivity contribution in [2.45, 2.75) is 32.5 Å². The molecule has 0 saturated carbocycles. The van der Waals surface area contributed by atoms with E-state index < -0.39 is 11.7 Å².